The summed E-state index contributed by atoms with van der Waals surface area (Å²) >= 11 is 0. The third kappa shape index (κ3) is 7.37. The van der Waals surface area contributed by atoms with E-state index >= 15 is 0 Å². The fourth-order valence-corrected chi connectivity index (χ4v) is 0.542. The number of hydrogen-bond donors (Lipinski definition) is 1. The summed E-state index contributed by atoms with van der Waals surface area (Å²) in [5.74, 6) is -0.0723. The lowest BCUT2D eigenvalue weighted by molar-refractivity contribution is -0.356. The average Bonchev–Trinajstić information content (AvgIpc) is 1.87. The number of rotatable bonds is 4. The molecule has 0 aromatic carbocycles. The van der Waals surface area contributed by atoms with E-state index in [-0.39, 0.29) is 12.4 Å². The summed E-state index contributed by atoms with van der Waals surface area (Å²) in [6.45, 7) is 4.45. The molecule has 0 fully saturated rings. The fraction of sp³-hybridized carbons (Fsp3) is 0.571. The maximum atomic E-state index is 10.7. The molecule has 0 saturated carbocycles. The number of carbonyl (C=O) groups is 1. The normalized spacial score (nSPS) is 10.1. The first-order chi connectivity index (χ1) is 5.20. The van der Waals surface area contributed by atoms with Crippen LogP contribution >= 0.6 is 0 Å². The van der Waals surface area contributed by atoms with Crippen LogP contribution in [0.3, 0.4) is 0 Å². The lowest BCUT2D eigenvalue weighted by Gasteiger charge is -1.97. The maximum Gasteiger partial charge on any atom is 0.340 e. The highest BCUT2D eigenvalue weighted by molar-refractivity contribution is 5.81. The fourth-order valence-electron chi connectivity index (χ4n) is 0.542. The van der Waals surface area contributed by atoms with E-state index < -0.39 is 5.97 Å². The van der Waals surface area contributed by atoms with Crippen LogP contribution in [0.25, 0.3) is 0 Å². The molecule has 0 rings (SSSR count). The van der Waals surface area contributed by atoms with E-state index in [9.17, 15) is 4.79 Å². The zero-order chi connectivity index (χ0) is 8.69. The molecule has 0 aliphatic rings. The lowest BCUT2D eigenvalue weighted by Crippen LogP contribution is -3.00. The third-order valence-electron chi connectivity index (χ3n) is 0.895. The highest BCUT2D eigenvalue weighted by atomic mass is 35.5. The SMILES string of the molecule is CCOC(=O)/C=C(/[NH3+])OCC.[Cl-]. The van der Waals surface area contributed by atoms with Crippen molar-refractivity contribution in [3.05, 3.63) is 12.0 Å². The topological polar surface area (TPSA) is 63.2 Å². The number of ether oxygens (including phenoxy) is 2. The van der Waals surface area contributed by atoms with Crippen LogP contribution in [-0.2, 0) is 14.3 Å². The molecule has 12 heavy (non-hydrogen) atoms. The van der Waals surface area contributed by atoms with Gasteiger partial charge in [-0.25, -0.2) is 4.79 Å². The molecule has 5 heteroatoms. The quantitative estimate of drug-likeness (QED) is 0.290. The van der Waals surface area contributed by atoms with Crippen LogP contribution in [0.4, 0.5) is 0 Å². The zero-order valence-corrected chi connectivity index (χ0v) is 8.06. The van der Waals surface area contributed by atoms with Crippen LogP contribution in [0.5, 0.6) is 0 Å². The van der Waals surface area contributed by atoms with Crippen molar-refractivity contribution in [3.8, 4) is 0 Å². The van der Waals surface area contributed by atoms with Crippen molar-refractivity contribution < 1.29 is 32.4 Å². The van der Waals surface area contributed by atoms with Gasteiger partial charge in [0.15, 0.2) is 0 Å². The van der Waals surface area contributed by atoms with Crippen LogP contribution in [0, 0.1) is 0 Å². The van der Waals surface area contributed by atoms with Crippen molar-refractivity contribution in [1.82, 2.24) is 0 Å². The van der Waals surface area contributed by atoms with Crippen LogP contribution in [0.1, 0.15) is 13.8 Å². The van der Waals surface area contributed by atoms with Crippen LogP contribution in [0.15, 0.2) is 12.0 Å². The van der Waals surface area contributed by atoms with E-state index in [1.54, 1.807) is 6.92 Å². The summed E-state index contributed by atoms with van der Waals surface area (Å²) in [6.07, 6.45) is 1.23. The molecular weight excluding hydrogens is 182 g/mol. The molecule has 0 heterocycles. The van der Waals surface area contributed by atoms with Crippen molar-refractivity contribution >= 4 is 5.97 Å². The van der Waals surface area contributed by atoms with Gasteiger partial charge in [-0.1, -0.05) is 0 Å². The van der Waals surface area contributed by atoms with Gasteiger partial charge in [-0.15, -0.1) is 0 Å². The van der Waals surface area contributed by atoms with Gasteiger partial charge in [0.1, 0.15) is 6.08 Å². The van der Waals surface area contributed by atoms with Crippen molar-refractivity contribution in [3.63, 3.8) is 0 Å². The molecule has 0 aliphatic carbocycles. The van der Waals surface area contributed by atoms with Gasteiger partial charge in [0.05, 0.1) is 13.2 Å². The predicted molar refractivity (Wildman–Crippen MR) is 39.2 cm³/mol. The molecule has 0 saturated heterocycles. The first-order valence-electron chi connectivity index (χ1n) is 3.53. The number of esters is 1. The molecule has 0 aromatic rings. The lowest BCUT2D eigenvalue weighted by atomic mass is 10.6. The van der Waals surface area contributed by atoms with Gasteiger partial charge in [-0.05, 0) is 13.8 Å². The number of hydrogen-bond acceptors (Lipinski definition) is 3. The second kappa shape index (κ2) is 8.36. The van der Waals surface area contributed by atoms with Gasteiger partial charge < -0.3 is 21.9 Å². The Morgan fingerprint density at radius 2 is 1.83 bits per heavy atom. The number of halogens is 1. The molecule has 3 N–H and O–H groups in total. The smallest absolute Gasteiger partial charge is 0.340 e. The van der Waals surface area contributed by atoms with Crippen molar-refractivity contribution in [2.24, 2.45) is 0 Å². The molecular formula is C7H14ClNO3. The molecule has 0 bridgehead atoms. The minimum atomic E-state index is -0.411. The first-order valence-corrected chi connectivity index (χ1v) is 3.53. The Labute approximate surface area is 78.1 Å². The predicted octanol–water partition coefficient (Wildman–Crippen LogP) is -3.33. The van der Waals surface area contributed by atoms with E-state index in [0.29, 0.717) is 19.1 Å². The Morgan fingerprint density at radius 1 is 1.33 bits per heavy atom. The van der Waals surface area contributed by atoms with Gasteiger partial charge in [0.2, 0.25) is 0 Å². The molecule has 72 valence electrons. The number of carbonyl (C=O) groups excluding carboxylic acids is 1. The summed E-state index contributed by atoms with van der Waals surface area (Å²) in [4.78, 5) is 10.7. The largest absolute Gasteiger partial charge is 1.00 e. The molecule has 0 aromatic heterocycles. The molecule has 0 amide bonds. The van der Waals surface area contributed by atoms with Gasteiger partial charge in [-0.2, -0.15) is 0 Å². The minimum absolute atomic E-state index is 0. The van der Waals surface area contributed by atoms with E-state index in [1.165, 1.54) is 6.08 Å². The standard InChI is InChI=1S/C7H13NO3.ClH/c1-3-10-6(8)5-7(9)11-4-2;/h5H,3-4,8H2,1-2H3;1H/b6-5-;. The maximum absolute atomic E-state index is 10.7. The van der Waals surface area contributed by atoms with E-state index in [2.05, 4.69) is 10.5 Å². The molecule has 0 atom stereocenters. The summed E-state index contributed by atoms with van der Waals surface area (Å²) in [7, 11) is 0. The highest BCUT2D eigenvalue weighted by Crippen LogP contribution is 1.86. The highest BCUT2D eigenvalue weighted by Gasteiger charge is 2.00. The van der Waals surface area contributed by atoms with Crippen molar-refractivity contribution in [2.75, 3.05) is 13.2 Å². The minimum Gasteiger partial charge on any atom is -1.00 e. The Kier molecular flexibility index (Phi) is 9.63. The Bertz CT molecular complexity index is 159. The molecule has 0 unspecified atom stereocenters. The molecule has 0 radical (unpaired) electrons. The van der Waals surface area contributed by atoms with Gasteiger partial charge in [0, 0.05) is 0 Å². The van der Waals surface area contributed by atoms with E-state index in [0.717, 1.165) is 0 Å². The molecule has 0 spiro atoms. The summed E-state index contributed by atoms with van der Waals surface area (Å²) in [5.41, 5.74) is 3.49. The zero-order valence-electron chi connectivity index (χ0n) is 7.30. The summed E-state index contributed by atoms with van der Waals surface area (Å²) < 4.78 is 9.53. The Balaban J connectivity index is 0. The summed E-state index contributed by atoms with van der Waals surface area (Å²) in [6, 6.07) is 0. The molecule has 0 aliphatic heterocycles. The van der Waals surface area contributed by atoms with Gasteiger partial charge in [0.25, 0.3) is 5.88 Å². The van der Waals surface area contributed by atoms with Crippen LogP contribution in [0.2, 0.25) is 0 Å². The summed E-state index contributed by atoms with van der Waals surface area (Å²) in [5, 5.41) is 0. The second-order valence-corrected chi connectivity index (χ2v) is 1.80. The second-order valence-electron chi connectivity index (χ2n) is 1.80. The van der Waals surface area contributed by atoms with Crippen LogP contribution < -0.4 is 18.1 Å². The molecule has 4 nitrogen and oxygen atoms in total. The van der Waals surface area contributed by atoms with Crippen molar-refractivity contribution in [1.29, 1.82) is 0 Å². The third-order valence-corrected chi connectivity index (χ3v) is 0.895. The Morgan fingerprint density at radius 3 is 2.25 bits per heavy atom. The average molecular weight is 196 g/mol. The van der Waals surface area contributed by atoms with Crippen molar-refractivity contribution in [2.45, 2.75) is 13.8 Å². The van der Waals surface area contributed by atoms with Gasteiger partial charge >= 0.3 is 5.97 Å². The monoisotopic (exact) mass is 195 g/mol. The van der Waals surface area contributed by atoms with Gasteiger partial charge in [-0.3, -0.25) is 5.73 Å². The van der Waals surface area contributed by atoms with E-state index in [1.807, 2.05) is 6.92 Å². The first kappa shape index (κ1) is 13.8. The Hall–Kier alpha value is -0.740. The number of quaternary nitrogens is 1. The van der Waals surface area contributed by atoms with E-state index in [4.69, 9.17) is 4.74 Å². The van der Waals surface area contributed by atoms with Crippen LogP contribution in [-0.4, -0.2) is 19.2 Å².